The van der Waals surface area contributed by atoms with Gasteiger partial charge in [0.15, 0.2) is 0 Å². The van der Waals surface area contributed by atoms with E-state index in [1.807, 2.05) is 0 Å². The molecule has 4 nitrogen and oxygen atoms in total. The van der Waals surface area contributed by atoms with Crippen LogP contribution in [0.4, 0.5) is 0 Å². The normalized spacial score (nSPS) is 40.0. The number of aliphatic hydroxyl groups excluding tert-OH is 1. The molecule has 4 fully saturated rings. The van der Waals surface area contributed by atoms with Gasteiger partial charge in [-0.3, -0.25) is 0 Å². The van der Waals surface area contributed by atoms with E-state index >= 15 is 0 Å². The molecule has 4 bridgehead atoms. The molecule has 1 heterocycles. The first-order chi connectivity index (χ1) is 9.56. The van der Waals surface area contributed by atoms with Crippen LogP contribution in [0.25, 0.3) is 0 Å². The molecule has 5 rings (SSSR count). The predicted molar refractivity (Wildman–Crippen MR) is 71.2 cm³/mol. The molecule has 4 saturated carbocycles. The molecule has 1 aromatic rings. The van der Waals surface area contributed by atoms with E-state index in [9.17, 15) is 9.90 Å². The van der Waals surface area contributed by atoms with Crippen LogP contribution >= 0.6 is 0 Å². The molecule has 20 heavy (non-hydrogen) atoms. The van der Waals surface area contributed by atoms with Crippen molar-refractivity contribution in [3.8, 4) is 0 Å². The minimum Gasteiger partial charge on any atom is -0.475 e. The first-order valence-electron chi connectivity index (χ1n) is 7.57. The van der Waals surface area contributed by atoms with E-state index in [4.69, 9.17) is 9.52 Å². The van der Waals surface area contributed by atoms with E-state index in [1.54, 1.807) is 6.07 Å². The van der Waals surface area contributed by atoms with E-state index in [1.165, 1.54) is 25.3 Å². The minimum absolute atomic E-state index is 0.0671. The summed E-state index contributed by atoms with van der Waals surface area (Å²) in [5.41, 5.74) is -0.0671. The molecule has 1 aromatic heterocycles. The summed E-state index contributed by atoms with van der Waals surface area (Å²) in [6, 6.07) is 3.08. The van der Waals surface area contributed by atoms with Gasteiger partial charge in [0, 0.05) is 5.41 Å². The highest BCUT2D eigenvalue weighted by Crippen LogP contribution is 2.64. The lowest BCUT2D eigenvalue weighted by atomic mass is 9.48. The van der Waals surface area contributed by atoms with E-state index in [2.05, 4.69) is 0 Å². The number of hydrogen-bond donors (Lipinski definition) is 2. The number of furan rings is 1. The van der Waals surface area contributed by atoms with Gasteiger partial charge >= 0.3 is 5.97 Å². The second-order valence-electron chi connectivity index (χ2n) is 7.19. The quantitative estimate of drug-likeness (QED) is 0.889. The summed E-state index contributed by atoms with van der Waals surface area (Å²) in [5, 5.41) is 19.7. The average molecular weight is 276 g/mol. The van der Waals surface area contributed by atoms with Gasteiger partial charge in [-0.25, -0.2) is 4.79 Å². The van der Waals surface area contributed by atoms with Crippen LogP contribution in [0.3, 0.4) is 0 Å². The van der Waals surface area contributed by atoms with Crippen LogP contribution in [0.2, 0.25) is 0 Å². The number of aliphatic hydroxyl groups is 1. The Balaban J connectivity index is 1.64. The van der Waals surface area contributed by atoms with Gasteiger partial charge in [-0.1, -0.05) is 0 Å². The first kappa shape index (κ1) is 12.5. The molecule has 0 aromatic carbocycles. The Hall–Kier alpha value is -1.29. The lowest BCUT2D eigenvalue weighted by molar-refractivity contribution is -0.128. The van der Waals surface area contributed by atoms with Crippen LogP contribution < -0.4 is 0 Å². The van der Waals surface area contributed by atoms with Crippen molar-refractivity contribution < 1.29 is 19.4 Å². The number of aromatic carboxylic acids is 1. The zero-order chi connectivity index (χ0) is 13.9. The number of carbonyl (C=O) groups is 1. The molecule has 0 saturated heterocycles. The van der Waals surface area contributed by atoms with Crippen LogP contribution in [0.1, 0.15) is 60.9 Å². The maximum atomic E-state index is 10.9. The van der Waals surface area contributed by atoms with Crippen LogP contribution in [-0.4, -0.2) is 16.2 Å². The first-order valence-corrected chi connectivity index (χ1v) is 7.57. The van der Waals surface area contributed by atoms with Crippen molar-refractivity contribution in [3.05, 3.63) is 23.7 Å². The fourth-order valence-corrected chi connectivity index (χ4v) is 5.43. The monoisotopic (exact) mass is 276 g/mol. The molecule has 4 aliphatic carbocycles. The summed E-state index contributed by atoms with van der Waals surface area (Å²) >= 11 is 0. The van der Waals surface area contributed by atoms with Crippen molar-refractivity contribution in [1.29, 1.82) is 0 Å². The van der Waals surface area contributed by atoms with Gasteiger partial charge in [0.25, 0.3) is 0 Å². The van der Waals surface area contributed by atoms with Gasteiger partial charge in [-0.2, -0.15) is 0 Å². The summed E-state index contributed by atoms with van der Waals surface area (Å²) in [5.74, 6) is 1.54. The fourth-order valence-electron chi connectivity index (χ4n) is 5.43. The van der Waals surface area contributed by atoms with Gasteiger partial charge in [-0.15, -0.1) is 0 Å². The lowest BCUT2D eigenvalue weighted by Crippen LogP contribution is -2.48. The highest BCUT2D eigenvalue weighted by molar-refractivity contribution is 5.84. The highest BCUT2D eigenvalue weighted by Gasteiger charge is 2.54. The molecular weight excluding hydrogens is 256 g/mol. The summed E-state index contributed by atoms with van der Waals surface area (Å²) in [6.45, 7) is 0. The van der Waals surface area contributed by atoms with Crippen molar-refractivity contribution in [2.75, 3.05) is 0 Å². The van der Waals surface area contributed by atoms with Gasteiger partial charge in [0.1, 0.15) is 11.9 Å². The van der Waals surface area contributed by atoms with E-state index in [0.717, 1.165) is 37.0 Å². The van der Waals surface area contributed by atoms with Crippen molar-refractivity contribution in [3.63, 3.8) is 0 Å². The third kappa shape index (κ3) is 1.74. The van der Waals surface area contributed by atoms with E-state index in [-0.39, 0.29) is 11.2 Å². The predicted octanol–water partition coefficient (Wildman–Crippen LogP) is 3.23. The highest BCUT2D eigenvalue weighted by atomic mass is 16.4. The minimum atomic E-state index is -1.08. The zero-order valence-corrected chi connectivity index (χ0v) is 11.4. The Bertz CT molecular complexity index is 509. The van der Waals surface area contributed by atoms with Gasteiger partial charge in [0.2, 0.25) is 5.76 Å². The van der Waals surface area contributed by atoms with Crippen LogP contribution in [0, 0.1) is 23.2 Å². The molecule has 108 valence electrons. The maximum Gasteiger partial charge on any atom is 0.371 e. The third-order valence-electron chi connectivity index (χ3n) is 5.77. The Labute approximate surface area is 117 Å². The van der Waals surface area contributed by atoms with Crippen molar-refractivity contribution in [2.45, 2.75) is 44.6 Å². The second kappa shape index (κ2) is 4.10. The maximum absolute atomic E-state index is 10.9. The van der Waals surface area contributed by atoms with Gasteiger partial charge < -0.3 is 14.6 Å². The molecule has 2 N–H and O–H groups in total. The molecule has 0 aliphatic heterocycles. The van der Waals surface area contributed by atoms with Gasteiger partial charge in [-0.05, 0) is 68.4 Å². The summed E-state index contributed by atoms with van der Waals surface area (Å²) in [7, 11) is 0. The second-order valence-corrected chi connectivity index (χ2v) is 7.19. The number of rotatable bonds is 3. The van der Waals surface area contributed by atoms with Crippen LogP contribution in [0.15, 0.2) is 16.5 Å². The van der Waals surface area contributed by atoms with Crippen LogP contribution in [-0.2, 0) is 0 Å². The number of carboxylic acid groups (broad SMARTS) is 1. The van der Waals surface area contributed by atoms with Crippen molar-refractivity contribution in [1.82, 2.24) is 0 Å². The van der Waals surface area contributed by atoms with Crippen LogP contribution in [0.5, 0.6) is 0 Å². The number of carboxylic acids is 1. The standard InChI is InChI=1S/C16H20O4/c17-14(12-1-2-13(20-12)15(18)19)16-6-9-3-10(7-16)5-11(4-9)8-16/h1-2,9-11,14,17H,3-8H2,(H,18,19). The van der Waals surface area contributed by atoms with Gasteiger partial charge in [0.05, 0.1) is 0 Å². The Morgan fingerprint density at radius 2 is 1.70 bits per heavy atom. The average Bonchev–Trinajstić information content (AvgIpc) is 2.85. The lowest BCUT2D eigenvalue weighted by Gasteiger charge is -2.58. The van der Waals surface area contributed by atoms with E-state index < -0.39 is 12.1 Å². The molecule has 0 amide bonds. The molecular formula is C16H20O4. The number of hydrogen-bond acceptors (Lipinski definition) is 3. The zero-order valence-electron chi connectivity index (χ0n) is 11.4. The summed E-state index contributed by atoms with van der Waals surface area (Å²) < 4.78 is 5.35. The summed E-state index contributed by atoms with van der Waals surface area (Å²) in [4.78, 5) is 10.9. The SMILES string of the molecule is O=C(O)c1ccc(C(O)C23CC4CC(CC(C4)C2)C3)o1. The fraction of sp³-hybridized carbons (Fsp3) is 0.688. The molecule has 4 heteroatoms. The molecule has 4 aliphatic rings. The largest absolute Gasteiger partial charge is 0.475 e. The molecule has 1 unspecified atom stereocenters. The van der Waals surface area contributed by atoms with Crippen molar-refractivity contribution >= 4 is 5.97 Å². The molecule has 0 spiro atoms. The Morgan fingerprint density at radius 1 is 1.15 bits per heavy atom. The molecule has 0 radical (unpaired) electrons. The van der Waals surface area contributed by atoms with E-state index in [0.29, 0.717) is 5.76 Å². The Kier molecular flexibility index (Phi) is 2.56. The smallest absolute Gasteiger partial charge is 0.371 e. The summed E-state index contributed by atoms with van der Waals surface area (Å²) in [6.07, 6.45) is 6.54. The third-order valence-corrected chi connectivity index (χ3v) is 5.77. The Morgan fingerprint density at radius 3 is 2.15 bits per heavy atom. The topological polar surface area (TPSA) is 70.7 Å². The molecule has 1 atom stereocenters. The van der Waals surface area contributed by atoms with Crippen molar-refractivity contribution in [2.24, 2.45) is 23.2 Å².